The van der Waals surface area contributed by atoms with Crippen LogP contribution in [0.1, 0.15) is 155 Å². The van der Waals surface area contributed by atoms with E-state index in [4.69, 9.17) is 14.2 Å². The standard InChI is InChI=1S/C70H82F4N8O6/c1-6-19-52-63-46(20-9-13-30-77-63)38-56-62(57-39-47-21-10-14-36-81-37-17-23-53(64(47)81)66(57)88-65(52)56)54-40-48(26-28-51(54)69(85)87-5)67(83)78-31-11-7-8-12-32-79-68(84)49-27-29-59(61(41-49)86-4)76-33-16-22-50-42-55-58(75-34-18-35-80(3)43-45(2)71)24-15-25-60(55)82(50)44-70(72,73)74/h15,24-29,38-42,45,75H,6-14,17-21,23,30-37,43-44H2,1-5H3,(H3,76,78,79,83,84)/p+1. The van der Waals surface area contributed by atoms with Gasteiger partial charge in [-0.1, -0.05) is 38.2 Å². The average molecular weight is 1210 g/mol. The lowest BCUT2D eigenvalue weighted by atomic mass is 9.83. The van der Waals surface area contributed by atoms with Gasteiger partial charge in [-0.2, -0.15) is 13.2 Å². The van der Waals surface area contributed by atoms with E-state index in [9.17, 15) is 31.9 Å². The minimum absolute atomic E-state index is 0.0849. The molecule has 5 heterocycles. The number of halogens is 4. The van der Waals surface area contributed by atoms with Crippen LogP contribution in [0.4, 0.5) is 34.6 Å². The summed E-state index contributed by atoms with van der Waals surface area (Å²) in [6.07, 6.45) is 8.29. The zero-order valence-corrected chi connectivity index (χ0v) is 51.5. The number of anilines is 3. The molecule has 4 aliphatic heterocycles. The van der Waals surface area contributed by atoms with Crippen molar-refractivity contribution in [3.05, 3.63) is 139 Å². The maximum absolute atomic E-state index is 14.2. The Kier molecular flexibility index (Phi) is 20.7. The molecule has 14 nitrogen and oxygen atoms in total. The topological polar surface area (TPSA) is 150 Å². The smallest absolute Gasteiger partial charge is 0.406 e. The number of nitrogens with zero attached hydrogens (tertiary/aromatic N) is 3. The van der Waals surface area contributed by atoms with Crippen LogP contribution in [0.5, 0.6) is 17.2 Å². The van der Waals surface area contributed by atoms with Crippen molar-refractivity contribution >= 4 is 51.3 Å². The number of methoxy groups -OCH3 is 2. The number of aryl methyl sites for hydroxylation is 2. The highest BCUT2D eigenvalue weighted by Crippen LogP contribution is 2.46. The summed E-state index contributed by atoms with van der Waals surface area (Å²) in [4.78, 5) is 43.2. The zero-order valence-electron chi connectivity index (χ0n) is 51.5. The third kappa shape index (κ3) is 14.6. The number of carbonyl (C=O) groups excluding carboxylic acids is 3. The van der Waals surface area contributed by atoms with Gasteiger partial charge in [-0.15, -0.1) is 0 Å². The van der Waals surface area contributed by atoms with Crippen molar-refractivity contribution in [1.82, 2.24) is 24.7 Å². The summed E-state index contributed by atoms with van der Waals surface area (Å²) in [5, 5.41) is 19.3. The van der Waals surface area contributed by atoms with E-state index in [-0.39, 0.29) is 24.1 Å². The Labute approximate surface area is 513 Å². The van der Waals surface area contributed by atoms with Crippen molar-refractivity contribution in [3.63, 3.8) is 0 Å². The number of benzene rings is 5. The van der Waals surface area contributed by atoms with Crippen LogP contribution in [-0.2, 0) is 37.0 Å². The second-order valence-electron chi connectivity index (χ2n) is 23.7. The Balaban J connectivity index is 0.759. The lowest BCUT2D eigenvalue weighted by Gasteiger charge is -2.29. The molecule has 0 aliphatic carbocycles. The molecule has 5 aromatic carbocycles. The van der Waals surface area contributed by atoms with Crippen molar-refractivity contribution in [1.29, 1.82) is 0 Å². The van der Waals surface area contributed by atoms with Crippen LogP contribution in [0.2, 0.25) is 0 Å². The molecule has 88 heavy (non-hydrogen) atoms. The van der Waals surface area contributed by atoms with Crippen LogP contribution in [0, 0.1) is 11.8 Å². The summed E-state index contributed by atoms with van der Waals surface area (Å²) < 4.78 is 77.1. The van der Waals surface area contributed by atoms with Crippen molar-refractivity contribution in [2.24, 2.45) is 0 Å². The van der Waals surface area contributed by atoms with Gasteiger partial charge in [-0.3, -0.25) is 9.59 Å². The van der Waals surface area contributed by atoms with E-state index < -0.39 is 24.9 Å². The SMILES string of the molecule is CCCc1c2c(cc3c1Oc1c4c5c(cc1=C3c1cc(C(=O)NCCCCCCNC(=O)c3ccc(NCC#Cc6cc7c(NCCCN(C)CC(C)F)cccc7n6CC(F)(F)F)c(OC)c3)ccc1C(=O)OC)CCCC[N+]=5CCC4)CCCCN2. The molecule has 1 atom stereocenters. The van der Waals surface area contributed by atoms with Crippen molar-refractivity contribution in [2.75, 3.05) is 96.1 Å². The van der Waals surface area contributed by atoms with Gasteiger partial charge in [0.15, 0.2) is 0 Å². The highest BCUT2D eigenvalue weighted by Gasteiger charge is 2.35. The molecule has 0 saturated heterocycles. The highest BCUT2D eigenvalue weighted by atomic mass is 19.4. The fourth-order valence-corrected chi connectivity index (χ4v) is 13.1. The summed E-state index contributed by atoms with van der Waals surface area (Å²) in [6, 6.07) is 21.7. The first-order valence-corrected chi connectivity index (χ1v) is 31.5. The van der Waals surface area contributed by atoms with Gasteiger partial charge in [0.05, 0.1) is 48.8 Å². The maximum Gasteiger partial charge on any atom is 0.406 e. The average Bonchev–Trinajstić information content (AvgIpc) is 1.56. The molecule has 466 valence electrons. The number of alkyl halides is 4. The predicted molar refractivity (Wildman–Crippen MR) is 340 cm³/mol. The van der Waals surface area contributed by atoms with E-state index in [1.165, 1.54) is 53.4 Å². The maximum atomic E-state index is 14.2. The minimum Gasteiger partial charge on any atom is -0.495 e. The quantitative estimate of drug-likeness (QED) is 0.0130. The largest absolute Gasteiger partial charge is 0.495 e. The first-order valence-electron chi connectivity index (χ1n) is 31.5. The van der Waals surface area contributed by atoms with Gasteiger partial charge in [0, 0.05) is 101 Å². The molecule has 1 aromatic heterocycles. The first kappa shape index (κ1) is 63.0. The molecule has 5 N–H and O–H groups in total. The number of esters is 1. The zero-order chi connectivity index (χ0) is 61.9. The van der Waals surface area contributed by atoms with Gasteiger partial charge < -0.3 is 50.3 Å². The van der Waals surface area contributed by atoms with Gasteiger partial charge in [0.2, 0.25) is 5.36 Å². The summed E-state index contributed by atoms with van der Waals surface area (Å²) >= 11 is 0. The number of nitrogens with one attached hydrogen (secondary N) is 5. The van der Waals surface area contributed by atoms with Crippen LogP contribution in [-0.4, -0.2) is 120 Å². The van der Waals surface area contributed by atoms with Crippen LogP contribution >= 0.6 is 0 Å². The van der Waals surface area contributed by atoms with Crippen molar-refractivity contribution in [2.45, 2.75) is 129 Å². The molecule has 10 rings (SSSR count). The normalized spacial score (nSPS) is 14.6. The second-order valence-corrected chi connectivity index (χ2v) is 23.7. The van der Waals surface area contributed by atoms with E-state index >= 15 is 0 Å². The number of aromatic nitrogens is 1. The van der Waals surface area contributed by atoms with Gasteiger partial charge in [-0.25, -0.2) is 13.8 Å². The van der Waals surface area contributed by atoms with E-state index in [1.54, 1.807) is 48.5 Å². The fourth-order valence-electron chi connectivity index (χ4n) is 13.1. The fraction of sp³-hybridized carbons (Fsp3) is 0.457. The second kappa shape index (κ2) is 28.9. The van der Waals surface area contributed by atoms with Crippen LogP contribution in [0.15, 0.2) is 72.8 Å². The summed E-state index contributed by atoms with van der Waals surface area (Å²) in [5.74, 6) is 7.00. The summed E-state index contributed by atoms with van der Waals surface area (Å²) in [6.45, 7) is 7.97. The number of hydrogen-bond donors (Lipinski definition) is 5. The predicted octanol–water partition coefficient (Wildman–Crippen LogP) is 11.1. The molecule has 4 aliphatic rings. The van der Waals surface area contributed by atoms with E-state index in [2.05, 4.69) is 62.1 Å². The molecular formula is C70H83F4N8O6+. The van der Waals surface area contributed by atoms with E-state index in [0.29, 0.717) is 83.0 Å². The lowest BCUT2D eigenvalue weighted by molar-refractivity contribution is -0.140. The van der Waals surface area contributed by atoms with Gasteiger partial charge in [0.1, 0.15) is 43.1 Å². The minimum atomic E-state index is -4.48. The van der Waals surface area contributed by atoms with Crippen LogP contribution in [0.25, 0.3) is 16.5 Å². The molecule has 18 heteroatoms. The summed E-state index contributed by atoms with van der Waals surface area (Å²) in [7, 11) is 4.74. The molecule has 2 amide bonds. The third-order valence-corrected chi connectivity index (χ3v) is 17.2. The molecule has 0 fully saturated rings. The number of fused-ring (bicyclic) bond motifs is 5. The third-order valence-electron chi connectivity index (χ3n) is 17.2. The van der Waals surface area contributed by atoms with Gasteiger partial charge in [-0.05, 0) is 169 Å². The number of ether oxygens (including phenoxy) is 3. The van der Waals surface area contributed by atoms with E-state index in [1.807, 2.05) is 24.1 Å². The summed E-state index contributed by atoms with van der Waals surface area (Å²) in [5.41, 5.74) is 11.7. The number of rotatable bonds is 24. The Hall–Kier alpha value is -8.04. The number of amides is 2. The van der Waals surface area contributed by atoms with Gasteiger partial charge >= 0.3 is 12.1 Å². The first-order chi connectivity index (χ1) is 42.6. The Morgan fingerprint density at radius 2 is 1.56 bits per heavy atom. The van der Waals surface area contributed by atoms with E-state index in [0.717, 1.165) is 149 Å². The Morgan fingerprint density at radius 1 is 0.807 bits per heavy atom. The molecular weight excluding hydrogens is 1120 g/mol. The number of unbranched alkanes of at least 4 members (excludes halogenated alkanes) is 3. The number of carbonyl (C=O) groups is 3. The molecule has 0 radical (unpaired) electrons. The van der Waals surface area contributed by atoms with Crippen LogP contribution in [0.3, 0.4) is 0 Å². The molecule has 1 unspecified atom stereocenters. The Bertz CT molecular complexity index is 3770. The number of hydrogen-bond acceptors (Lipinski definition) is 10. The lowest BCUT2D eigenvalue weighted by Crippen LogP contribution is -2.41. The van der Waals surface area contributed by atoms with Crippen molar-refractivity contribution in [3.8, 4) is 29.1 Å². The Morgan fingerprint density at radius 3 is 2.31 bits per heavy atom. The highest BCUT2D eigenvalue weighted by molar-refractivity contribution is 6.03. The molecule has 0 bridgehead atoms. The van der Waals surface area contributed by atoms with Crippen LogP contribution < -0.4 is 51.2 Å². The molecule has 0 saturated carbocycles. The monoisotopic (exact) mass is 1210 g/mol. The van der Waals surface area contributed by atoms with Gasteiger partial charge in [0.25, 0.3) is 11.8 Å². The van der Waals surface area contributed by atoms with Crippen molar-refractivity contribution < 1.29 is 46.2 Å². The molecule has 6 aromatic rings. The molecule has 0 spiro atoms.